The Labute approximate surface area is 262 Å². The van der Waals surface area contributed by atoms with Crippen LogP contribution in [-0.4, -0.2) is 50.6 Å². The van der Waals surface area contributed by atoms with E-state index in [2.05, 4.69) is 8.57 Å². The van der Waals surface area contributed by atoms with Gasteiger partial charge in [0.1, 0.15) is 15.6 Å². The standard InChI is InChI=1S/C15H8F3NO5S.C14H8FNO5S/c16-15(17,18)11-7-3-4-8-12(11)25(22,23)24-19-13(20)9-5-1-2-6-10(9)14(19)21;15-11-7-3-4-8-12(11)22(19,20)21-16-13(17)9-5-1-2-6-10(9)14(16)18/h1-8H;1-8H. The van der Waals surface area contributed by atoms with Gasteiger partial charge in [-0.05, 0) is 48.5 Å². The van der Waals surface area contributed by atoms with Crippen LogP contribution in [0.15, 0.2) is 107 Å². The summed E-state index contributed by atoms with van der Waals surface area (Å²) in [6, 6.07) is 19.0. The summed E-state index contributed by atoms with van der Waals surface area (Å²) in [4.78, 5) is 46.3. The van der Waals surface area contributed by atoms with E-state index in [1.54, 1.807) is 0 Å². The van der Waals surface area contributed by atoms with Gasteiger partial charge in [0.25, 0.3) is 23.6 Å². The van der Waals surface area contributed by atoms with Gasteiger partial charge in [-0.1, -0.05) is 48.5 Å². The number of nitrogens with zero attached hydrogens (tertiary/aromatic N) is 2. The number of hydrogen-bond donors (Lipinski definition) is 0. The molecule has 0 bridgehead atoms. The first kappa shape index (κ1) is 33.1. The molecule has 4 amide bonds. The lowest BCUT2D eigenvalue weighted by Gasteiger charge is -2.16. The molecule has 0 aromatic heterocycles. The van der Waals surface area contributed by atoms with Gasteiger partial charge in [0, 0.05) is 0 Å². The second-order valence-corrected chi connectivity index (χ2v) is 12.4. The van der Waals surface area contributed by atoms with E-state index < -0.39 is 71.2 Å². The Morgan fingerprint density at radius 2 is 0.809 bits per heavy atom. The number of carbonyl (C=O) groups is 4. The molecule has 0 radical (unpaired) electrons. The molecule has 47 heavy (non-hydrogen) atoms. The van der Waals surface area contributed by atoms with Crippen LogP contribution in [0.2, 0.25) is 0 Å². The van der Waals surface area contributed by atoms with E-state index in [0.717, 1.165) is 24.3 Å². The van der Waals surface area contributed by atoms with Crippen molar-refractivity contribution < 1.29 is 62.1 Å². The monoisotopic (exact) mass is 692 g/mol. The van der Waals surface area contributed by atoms with Gasteiger partial charge in [-0.2, -0.15) is 30.0 Å². The summed E-state index contributed by atoms with van der Waals surface area (Å²) >= 11 is 0. The third-order valence-electron chi connectivity index (χ3n) is 6.43. The van der Waals surface area contributed by atoms with Crippen molar-refractivity contribution in [2.45, 2.75) is 16.0 Å². The fraction of sp³-hybridized carbons (Fsp3) is 0.0345. The minimum absolute atomic E-state index is 0.0243. The average molecular weight is 693 g/mol. The molecule has 0 saturated carbocycles. The lowest BCUT2D eigenvalue weighted by molar-refractivity contribution is -0.140. The summed E-state index contributed by atoms with van der Waals surface area (Å²) in [6.07, 6.45) is -4.96. The second-order valence-electron chi connectivity index (χ2n) is 9.38. The molecule has 2 aliphatic heterocycles. The summed E-state index contributed by atoms with van der Waals surface area (Å²) in [5.41, 5.74) is -1.63. The van der Waals surface area contributed by atoms with Crippen LogP contribution in [0.25, 0.3) is 0 Å². The summed E-state index contributed by atoms with van der Waals surface area (Å²) in [7, 11) is -9.73. The number of halogens is 4. The van der Waals surface area contributed by atoms with Gasteiger partial charge in [0.2, 0.25) is 0 Å². The maximum absolute atomic E-state index is 13.6. The first-order valence-corrected chi connectivity index (χ1v) is 15.6. The lowest BCUT2D eigenvalue weighted by atomic mass is 10.1. The summed E-state index contributed by atoms with van der Waals surface area (Å²) in [6.45, 7) is 0. The molecule has 0 fully saturated rings. The molecule has 2 heterocycles. The van der Waals surface area contributed by atoms with Gasteiger partial charge < -0.3 is 0 Å². The van der Waals surface area contributed by atoms with Crippen molar-refractivity contribution in [1.82, 2.24) is 10.1 Å². The van der Waals surface area contributed by atoms with Gasteiger partial charge in [-0.25, -0.2) is 4.39 Å². The van der Waals surface area contributed by atoms with Crippen molar-refractivity contribution >= 4 is 43.9 Å². The van der Waals surface area contributed by atoms with E-state index in [0.29, 0.717) is 12.1 Å². The van der Waals surface area contributed by atoms with E-state index in [-0.39, 0.29) is 32.4 Å². The van der Waals surface area contributed by atoms with E-state index in [9.17, 15) is 53.6 Å². The zero-order chi connectivity index (χ0) is 34.3. The first-order chi connectivity index (χ1) is 22.0. The Kier molecular flexibility index (Phi) is 8.54. The zero-order valence-corrected chi connectivity index (χ0v) is 24.7. The molecule has 0 spiro atoms. The molecule has 6 rings (SSSR count). The predicted octanol–water partition coefficient (Wildman–Crippen LogP) is 4.36. The zero-order valence-electron chi connectivity index (χ0n) is 23.0. The third kappa shape index (κ3) is 6.26. The molecular formula is C29H16F4N2O10S2. The van der Waals surface area contributed by atoms with Crippen molar-refractivity contribution in [1.29, 1.82) is 0 Å². The molecule has 12 nitrogen and oxygen atoms in total. The van der Waals surface area contributed by atoms with Crippen molar-refractivity contribution in [3.8, 4) is 0 Å². The number of carbonyl (C=O) groups excluding carboxylic acids is 4. The van der Waals surface area contributed by atoms with Gasteiger partial charge in [0.15, 0.2) is 0 Å². The third-order valence-corrected chi connectivity index (χ3v) is 8.88. The molecule has 18 heteroatoms. The minimum atomic E-state index is -5.08. The molecule has 0 N–H and O–H groups in total. The smallest absolute Gasteiger partial charge is 0.266 e. The largest absolute Gasteiger partial charge is 0.417 e. The molecular weight excluding hydrogens is 676 g/mol. The highest BCUT2D eigenvalue weighted by atomic mass is 32.2. The molecule has 242 valence electrons. The Balaban J connectivity index is 0.000000186. The fourth-order valence-electron chi connectivity index (χ4n) is 4.31. The highest BCUT2D eigenvalue weighted by Gasteiger charge is 2.43. The number of hydroxylamine groups is 4. The molecule has 4 aromatic carbocycles. The van der Waals surface area contributed by atoms with Gasteiger partial charge >= 0.3 is 26.4 Å². The fourth-order valence-corrected chi connectivity index (χ4v) is 6.39. The number of imide groups is 2. The molecule has 0 atom stereocenters. The van der Waals surface area contributed by atoms with E-state index in [4.69, 9.17) is 0 Å². The maximum atomic E-state index is 13.6. The Hall–Kier alpha value is -5.30. The van der Waals surface area contributed by atoms with Crippen LogP contribution in [-0.2, 0) is 35.0 Å². The lowest BCUT2D eigenvalue weighted by Crippen LogP contribution is -2.33. The normalized spacial score (nSPS) is 14.6. The Morgan fingerprint density at radius 1 is 0.489 bits per heavy atom. The van der Waals surface area contributed by atoms with Gasteiger partial charge in [0.05, 0.1) is 27.8 Å². The maximum Gasteiger partial charge on any atom is 0.417 e. The highest BCUT2D eigenvalue weighted by molar-refractivity contribution is 7.87. The second kappa shape index (κ2) is 12.1. The van der Waals surface area contributed by atoms with Gasteiger partial charge in [-0.3, -0.25) is 19.2 Å². The van der Waals surface area contributed by atoms with Crippen LogP contribution < -0.4 is 0 Å². The topological polar surface area (TPSA) is 161 Å². The van der Waals surface area contributed by atoms with Crippen LogP contribution in [0.4, 0.5) is 17.6 Å². The first-order valence-electron chi connectivity index (χ1n) is 12.8. The molecule has 2 aliphatic rings. The van der Waals surface area contributed by atoms with Crippen LogP contribution in [0.1, 0.15) is 47.0 Å². The number of amides is 4. The Morgan fingerprint density at radius 3 is 1.19 bits per heavy atom. The summed E-state index contributed by atoms with van der Waals surface area (Å²) in [5.74, 6) is -5.03. The van der Waals surface area contributed by atoms with Crippen molar-refractivity contribution in [3.63, 3.8) is 0 Å². The number of hydrogen-bond acceptors (Lipinski definition) is 10. The number of rotatable bonds is 6. The predicted molar refractivity (Wildman–Crippen MR) is 148 cm³/mol. The van der Waals surface area contributed by atoms with Crippen LogP contribution >= 0.6 is 0 Å². The quantitative estimate of drug-likeness (QED) is 0.210. The highest BCUT2D eigenvalue weighted by Crippen LogP contribution is 2.35. The number of fused-ring (bicyclic) bond motifs is 2. The van der Waals surface area contributed by atoms with E-state index >= 15 is 0 Å². The average Bonchev–Trinajstić information content (AvgIpc) is 3.41. The molecule has 0 aliphatic carbocycles. The number of benzene rings is 4. The Bertz CT molecular complexity index is 2120. The molecule has 4 aromatic rings. The van der Waals surface area contributed by atoms with Crippen LogP contribution in [0, 0.1) is 5.82 Å². The molecule has 0 saturated heterocycles. The molecule has 0 unspecified atom stereocenters. The van der Waals surface area contributed by atoms with E-state index in [1.165, 1.54) is 60.7 Å². The SMILES string of the molecule is O=C1c2ccccc2C(=O)N1OS(=O)(=O)c1ccccc1C(F)(F)F.O=C1c2ccccc2C(=O)N1OS(=O)(=O)c1ccccc1F. The van der Waals surface area contributed by atoms with Gasteiger partial charge in [-0.15, -0.1) is 18.7 Å². The van der Waals surface area contributed by atoms with Crippen LogP contribution in [0.5, 0.6) is 0 Å². The summed E-state index contributed by atoms with van der Waals surface area (Å²) in [5, 5.41) is 0.0552. The van der Waals surface area contributed by atoms with Crippen molar-refractivity contribution in [2.24, 2.45) is 0 Å². The van der Waals surface area contributed by atoms with Crippen molar-refractivity contribution in [2.75, 3.05) is 0 Å². The van der Waals surface area contributed by atoms with Crippen molar-refractivity contribution in [3.05, 3.63) is 131 Å². The number of alkyl halides is 3. The minimum Gasteiger partial charge on any atom is -0.266 e. The van der Waals surface area contributed by atoms with Crippen LogP contribution in [0.3, 0.4) is 0 Å². The van der Waals surface area contributed by atoms with E-state index in [1.807, 2.05) is 0 Å². The summed E-state index contributed by atoms with van der Waals surface area (Å²) < 4.78 is 110.